The first-order chi connectivity index (χ1) is 15.8. The van der Waals surface area contributed by atoms with Gasteiger partial charge in [0.2, 0.25) is 0 Å². The molecule has 1 amide bonds. The number of nitrogens with zero attached hydrogens (tertiary/aromatic N) is 1. The molecule has 0 radical (unpaired) electrons. The molecule has 3 aromatic carbocycles. The van der Waals surface area contributed by atoms with Gasteiger partial charge in [0.25, 0.3) is 0 Å². The van der Waals surface area contributed by atoms with Crippen molar-refractivity contribution in [3.8, 4) is 11.1 Å². The number of rotatable bonds is 3. The monoisotopic (exact) mass is 453 g/mol. The molecule has 2 atom stereocenters. The summed E-state index contributed by atoms with van der Waals surface area (Å²) in [5, 5.41) is 10.2. The topological polar surface area (TPSA) is 49.8 Å². The van der Waals surface area contributed by atoms with Crippen molar-refractivity contribution in [3.63, 3.8) is 0 Å². The molecular weight excluding hydrogens is 431 g/mol. The standard InChI is InChI=1S/C26H22F3NO3/c27-26(28,29)17-11-9-16(10-12-17)24-13-18(31)14-30(24)25(32)33-15-23-21-7-3-1-5-19(21)20-6-2-4-8-22(20)23/h1-12,18,23-24,31H,13-15H2/t18-,24+/m1/s1. The zero-order valence-electron chi connectivity index (χ0n) is 17.6. The molecule has 1 saturated heterocycles. The second-order valence-corrected chi connectivity index (χ2v) is 8.48. The lowest BCUT2D eigenvalue weighted by Gasteiger charge is -2.25. The Morgan fingerprint density at radius 2 is 1.52 bits per heavy atom. The van der Waals surface area contributed by atoms with Crippen molar-refractivity contribution in [2.75, 3.05) is 13.2 Å². The van der Waals surface area contributed by atoms with Crippen molar-refractivity contribution in [1.29, 1.82) is 0 Å². The van der Waals surface area contributed by atoms with Crippen molar-refractivity contribution >= 4 is 6.09 Å². The molecule has 1 N–H and O–H groups in total. The third-order valence-corrected chi connectivity index (χ3v) is 6.47. The molecule has 0 bridgehead atoms. The number of hydrogen-bond acceptors (Lipinski definition) is 3. The minimum absolute atomic E-state index is 0.0718. The molecule has 7 heteroatoms. The van der Waals surface area contributed by atoms with E-state index in [-0.39, 0.29) is 25.5 Å². The summed E-state index contributed by atoms with van der Waals surface area (Å²) in [7, 11) is 0. The van der Waals surface area contributed by atoms with Gasteiger partial charge in [0.15, 0.2) is 0 Å². The number of carbonyl (C=O) groups excluding carboxylic acids is 1. The number of aliphatic hydroxyl groups is 1. The summed E-state index contributed by atoms with van der Waals surface area (Å²) >= 11 is 0. The van der Waals surface area contributed by atoms with Crippen LogP contribution in [-0.2, 0) is 10.9 Å². The molecule has 0 saturated carbocycles. The van der Waals surface area contributed by atoms with Crippen LogP contribution >= 0.6 is 0 Å². The van der Waals surface area contributed by atoms with E-state index in [0.717, 1.165) is 34.4 Å². The van der Waals surface area contributed by atoms with Crippen molar-refractivity contribution in [3.05, 3.63) is 95.1 Å². The SMILES string of the molecule is O=C(OCC1c2ccccc2-c2ccccc21)N1C[C@H](O)C[C@H]1c1ccc(C(F)(F)F)cc1. The van der Waals surface area contributed by atoms with Crippen LogP contribution in [0.3, 0.4) is 0 Å². The molecule has 33 heavy (non-hydrogen) atoms. The number of alkyl halides is 3. The summed E-state index contributed by atoms with van der Waals surface area (Å²) in [5.74, 6) is -0.0987. The molecule has 4 nitrogen and oxygen atoms in total. The van der Waals surface area contributed by atoms with Gasteiger partial charge >= 0.3 is 12.3 Å². The average Bonchev–Trinajstić information content (AvgIpc) is 3.35. The zero-order chi connectivity index (χ0) is 23.2. The van der Waals surface area contributed by atoms with Gasteiger partial charge in [-0.2, -0.15) is 13.2 Å². The summed E-state index contributed by atoms with van der Waals surface area (Å²) < 4.78 is 44.4. The van der Waals surface area contributed by atoms with Gasteiger partial charge in [-0.05, 0) is 46.4 Å². The quantitative estimate of drug-likeness (QED) is 0.548. The Kier molecular flexibility index (Phi) is 5.37. The Hall–Kier alpha value is -3.32. The predicted octanol–water partition coefficient (Wildman–Crippen LogP) is 5.76. The zero-order valence-corrected chi connectivity index (χ0v) is 17.6. The molecule has 3 aromatic rings. The second-order valence-electron chi connectivity index (χ2n) is 8.48. The number of hydrogen-bond donors (Lipinski definition) is 1. The third kappa shape index (κ3) is 3.97. The molecule has 1 heterocycles. The molecule has 5 rings (SSSR count). The van der Waals surface area contributed by atoms with Crippen molar-refractivity contribution in [1.82, 2.24) is 4.90 Å². The molecule has 0 aromatic heterocycles. The van der Waals surface area contributed by atoms with Crippen LogP contribution in [0.4, 0.5) is 18.0 Å². The Morgan fingerprint density at radius 1 is 0.939 bits per heavy atom. The fourth-order valence-electron chi connectivity index (χ4n) is 4.90. The lowest BCUT2D eigenvalue weighted by atomic mass is 9.98. The highest BCUT2D eigenvalue weighted by Gasteiger charge is 2.38. The Labute approximate surface area is 189 Å². The molecular formula is C26H22F3NO3. The van der Waals surface area contributed by atoms with E-state index in [2.05, 4.69) is 0 Å². The number of benzene rings is 3. The summed E-state index contributed by atoms with van der Waals surface area (Å²) in [5.41, 5.74) is 4.20. The van der Waals surface area contributed by atoms with E-state index in [1.807, 2.05) is 48.5 Å². The van der Waals surface area contributed by atoms with Gasteiger partial charge in [-0.3, -0.25) is 4.90 Å². The minimum atomic E-state index is -4.43. The minimum Gasteiger partial charge on any atom is -0.448 e. The molecule has 1 aliphatic carbocycles. The Morgan fingerprint density at radius 3 is 2.09 bits per heavy atom. The molecule has 1 aliphatic heterocycles. The summed E-state index contributed by atoms with van der Waals surface area (Å²) in [6.45, 7) is 0.210. The highest BCUT2D eigenvalue weighted by Crippen LogP contribution is 2.45. The highest BCUT2D eigenvalue weighted by molar-refractivity contribution is 5.79. The van der Waals surface area contributed by atoms with Crippen molar-refractivity contribution in [2.24, 2.45) is 0 Å². The van der Waals surface area contributed by atoms with Crippen molar-refractivity contribution in [2.45, 2.75) is 30.7 Å². The van der Waals surface area contributed by atoms with E-state index < -0.39 is 30.0 Å². The second kappa shape index (κ2) is 8.23. The smallest absolute Gasteiger partial charge is 0.416 e. The van der Waals surface area contributed by atoms with E-state index in [1.54, 1.807) is 0 Å². The molecule has 0 spiro atoms. The number of β-amino-alcohol motifs (C(OH)–C–C–N with tert-alkyl or cyclic N) is 1. The Bertz CT molecular complexity index is 1130. The first kappa shape index (κ1) is 21.5. The van der Waals surface area contributed by atoms with Crippen LogP contribution in [0.5, 0.6) is 0 Å². The number of aliphatic hydroxyl groups excluding tert-OH is 1. The van der Waals surface area contributed by atoms with Gasteiger partial charge in [0.1, 0.15) is 6.61 Å². The number of fused-ring (bicyclic) bond motifs is 3. The largest absolute Gasteiger partial charge is 0.448 e. The van der Waals surface area contributed by atoms with Crippen LogP contribution in [0.1, 0.15) is 40.6 Å². The van der Waals surface area contributed by atoms with Crippen molar-refractivity contribution < 1.29 is 27.8 Å². The van der Waals surface area contributed by atoms with E-state index >= 15 is 0 Å². The number of halogens is 3. The fourth-order valence-corrected chi connectivity index (χ4v) is 4.90. The molecule has 0 unspecified atom stereocenters. The summed E-state index contributed by atoms with van der Waals surface area (Å²) in [4.78, 5) is 14.4. The number of ether oxygens (including phenoxy) is 1. The maximum Gasteiger partial charge on any atom is 0.416 e. The third-order valence-electron chi connectivity index (χ3n) is 6.47. The fraction of sp³-hybridized carbons (Fsp3) is 0.269. The maximum absolute atomic E-state index is 13.0. The van der Waals surface area contributed by atoms with Gasteiger partial charge < -0.3 is 9.84 Å². The van der Waals surface area contributed by atoms with E-state index in [1.165, 1.54) is 17.0 Å². The summed E-state index contributed by atoms with van der Waals surface area (Å²) in [6, 6.07) is 20.2. The maximum atomic E-state index is 13.0. The predicted molar refractivity (Wildman–Crippen MR) is 117 cm³/mol. The van der Waals surface area contributed by atoms with Gasteiger partial charge in [0, 0.05) is 5.92 Å². The van der Waals surface area contributed by atoms with Crippen LogP contribution in [0.2, 0.25) is 0 Å². The highest BCUT2D eigenvalue weighted by atomic mass is 19.4. The van der Waals surface area contributed by atoms with Gasteiger partial charge in [-0.15, -0.1) is 0 Å². The number of likely N-dealkylation sites (tertiary alicyclic amines) is 1. The van der Waals surface area contributed by atoms with E-state index in [4.69, 9.17) is 4.74 Å². The lowest BCUT2D eigenvalue weighted by Crippen LogP contribution is -2.33. The average molecular weight is 453 g/mol. The van der Waals surface area contributed by atoms with Crippen LogP contribution < -0.4 is 0 Å². The van der Waals surface area contributed by atoms with E-state index in [9.17, 15) is 23.1 Å². The van der Waals surface area contributed by atoms with Crippen LogP contribution in [0.15, 0.2) is 72.8 Å². The van der Waals surface area contributed by atoms with Gasteiger partial charge in [0.05, 0.1) is 24.3 Å². The van der Waals surface area contributed by atoms with Gasteiger partial charge in [-0.25, -0.2) is 4.79 Å². The molecule has 1 fully saturated rings. The number of amides is 1. The first-order valence-corrected chi connectivity index (χ1v) is 10.8. The number of carbonyl (C=O) groups is 1. The molecule has 2 aliphatic rings. The van der Waals surface area contributed by atoms with Crippen LogP contribution in [-0.4, -0.2) is 35.4 Å². The van der Waals surface area contributed by atoms with Crippen LogP contribution in [0.25, 0.3) is 11.1 Å². The normalized spacial score (nSPS) is 19.9. The summed E-state index contributed by atoms with van der Waals surface area (Å²) in [6.07, 6.45) is -5.54. The molecule has 170 valence electrons. The van der Waals surface area contributed by atoms with E-state index in [0.29, 0.717) is 5.56 Å². The lowest BCUT2D eigenvalue weighted by molar-refractivity contribution is -0.137. The van der Waals surface area contributed by atoms with Gasteiger partial charge in [-0.1, -0.05) is 60.7 Å². The van der Waals surface area contributed by atoms with Crippen LogP contribution in [0, 0.1) is 0 Å². The Balaban J connectivity index is 1.33. The first-order valence-electron chi connectivity index (χ1n) is 10.8.